The molecule has 0 amide bonds. The summed E-state index contributed by atoms with van der Waals surface area (Å²) in [4.78, 5) is 0. The van der Waals surface area contributed by atoms with Crippen molar-refractivity contribution in [2.45, 2.75) is 117 Å². The molecule has 1 nitrogen and oxygen atoms in total. The topological polar surface area (TPSA) is 20.2 Å². The van der Waals surface area contributed by atoms with Gasteiger partial charge in [-0.2, -0.15) is 0 Å². The fourth-order valence-electron chi connectivity index (χ4n) is 9.34. The van der Waals surface area contributed by atoms with Crippen molar-refractivity contribution in [2.75, 3.05) is 0 Å². The molecule has 1 aliphatic carbocycles. The van der Waals surface area contributed by atoms with Gasteiger partial charge in [0.25, 0.3) is 0 Å². The first kappa shape index (κ1) is 56.2. The molecule has 0 radical (unpaired) electrons. The summed E-state index contributed by atoms with van der Waals surface area (Å²) in [6, 6.07) is 55.6. The first-order chi connectivity index (χ1) is 37.0. The van der Waals surface area contributed by atoms with E-state index in [9.17, 15) is 5.11 Å². The van der Waals surface area contributed by atoms with Gasteiger partial charge < -0.3 is 5.11 Å². The van der Waals surface area contributed by atoms with Crippen LogP contribution in [0.2, 0.25) is 0 Å². The molecular formula is C77H78O. The molecule has 0 aromatic heterocycles. The summed E-state index contributed by atoms with van der Waals surface area (Å²) in [7, 11) is 0. The van der Waals surface area contributed by atoms with E-state index in [1.165, 1.54) is 22.3 Å². The number of hydrogen-bond donors (Lipinski definition) is 1. The van der Waals surface area contributed by atoms with Crippen LogP contribution in [-0.4, -0.2) is 11.2 Å². The van der Waals surface area contributed by atoms with Crippen LogP contribution in [0.3, 0.4) is 0 Å². The van der Waals surface area contributed by atoms with Crippen LogP contribution in [-0.2, 0) is 28.1 Å². The zero-order valence-electron chi connectivity index (χ0n) is 48.2. The molecule has 0 saturated carbocycles. The van der Waals surface area contributed by atoms with Gasteiger partial charge in [0.2, 0.25) is 0 Å². The van der Waals surface area contributed by atoms with E-state index in [-0.39, 0.29) is 21.7 Å². The van der Waals surface area contributed by atoms with Crippen molar-refractivity contribution in [3.63, 3.8) is 0 Å². The molecule has 0 aliphatic heterocycles. The molecule has 1 N–H and O–H groups in total. The second-order valence-corrected chi connectivity index (χ2v) is 25.1. The normalized spacial score (nSPS) is 13.7. The van der Waals surface area contributed by atoms with Gasteiger partial charge in [-0.1, -0.05) is 277 Å². The molecule has 1 heteroatoms. The average molecular weight is 1020 g/mol. The molecule has 1 aliphatic rings. The molecule has 0 spiro atoms. The Bertz CT molecular complexity index is 3180. The lowest BCUT2D eigenvalue weighted by Crippen LogP contribution is -2.12. The molecule has 392 valence electrons. The van der Waals surface area contributed by atoms with E-state index < -0.39 is 6.10 Å². The van der Waals surface area contributed by atoms with Crippen molar-refractivity contribution in [1.82, 2.24) is 0 Å². The third kappa shape index (κ3) is 16.3. The van der Waals surface area contributed by atoms with Crippen LogP contribution in [0.5, 0.6) is 0 Å². The summed E-state index contributed by atoms with van der Waals surface area (Å²) in [6.07, 6.45) is 27.9. The lowest BCUT2D eigenvalue weighted by molar-refractivity contribution is 0.215. The fourth-order valence-corrected chi connectivity index (χ4v) is 9.34. The molecule has 0 heterocycles. The molecule has 0 fully saturated rings. The number of benzene rings is 7. The van der Waals surface area contributed by atoms with E-state index in [0.717, 1.165) is 72.3 Å². The Morgan fingerprint density at radius 3 is 0.744 bits per heavy atom. The second-order valence-electron chi connectivity index (χ2n) is 25.1. The van der Waals surface area contributed by atoms with Crippen LogP contribution in [0, 0.1) is 0 Å². The Morgan fingerprint density at radius 1 is 0.321 bits per heavy atom. The lowest BCUT2D eigenvalue weighted by atomic mass is 9.86. The standard InChI is InChI=1S/C77H78O/c1-74(2,3)69-37-29-55(30-38-69)17-21-59-45-60(22-18-56-31-39-70(40-32-56)75(4,5)6)48-63(47-59)25-27-65-51-66(53-67(52-65)54-73(78)68-15-13-14-16-68)28-26-64-49-61(23-19-57-33-41-71(42-34-57)76(7,8)9)46-62(50-64)24-20-58-35-43-72(44-36-58)77(10,11)12/h15,17-53,73,78H,54H2,1-12H3/b21-17+,22-18+,23-19+,24-20+,27-25+,28-26+. The maximum Gasteiger partial charge on any atom is 0.0914 e. The van der Waals surface area contributed by atoms with Crippen molar-refractivity contribution >= 4 is 72.9 Å². The summed E-state index contributed by atoms with van der Waals surface area (Å²) < 4.78 is 0. The van der Waals surface area contributed by atoms with Gasteiger partial charge in [-0.15, -0.1) is 0 Å². The summed E-state index contributed by atoms with van der Waals surface area (Å²) in [5.74, 6) is 0. The van der Waals surface area contributed by atoms with E-state index in [0.29, 0.717) is 12.0 Å². The minimum absolute atomic E-state index is 0.0968. The van der Waals surface area contributed by atoms with Crippen LogP contribution < -0.4 is 0 Å². The van der Waals surface area contributed by atoms with Gasteiger partial charge in [0, 0.05) is 18.1 Å². The monoisotopic (exact) mass is 1020 g/mol. The predicted octanol–water partition coefficient (Wildman–Crippen LogP) is 20.2. The van der Waals surface area contributed by atoms with Crippen molar-refractivity contribution in [2.24, 2.45) is 0 Å². The number of rotatable bonds is 15. The van der Waals surface area contributed by atoms with Crippen molar-refractivity contribution in [3.8, 4) is 0 Å². The van der Waals surface area contributed by atoms with Crippen molar-refractivity contribution in [3.05, 3.63) is 275 Å². The maximum absolute atomic E-state index is 11.4. The van der Waals surface area contributed by atoms with E-state index in [1.807, 2.05) is 0 Å². The largest absolute Gasteiger partial charge is 0.387 e. The number of aliphatic hydroxyl groups is 1. The molecule has 0 saturated heterocycles. The maximum atomic E-state index is 11.4. The Kier molecular flexibility index (Phi) is 17.4. The Balaban J connectivity index is 1.14. The molecule has 1 atom stereocenters. The van der Waals surface area contributed by atoms with E-state index in [1.54, 1.807) is 6.08 Å². The highest BCUT2D eigenvalue weighted by Gasteiger charge is 2.16. The molecule has 78 heavy (non-hydrogen) atoms. The molecule has 7 aromatic carbocycles. The van der Waals surface area contributed by atoms with Gasteiger partial charge in [-0.3, -0.25) is 0 Å². The molecular weight excluding hydrogens is 941 g/mol. The van der Waals surface area contributed by atoms with Crippen LogP contribution in [0.4, 0.5) is 0 Å². The van der Waals surface area contributed by atoms with Crippen molar-refractivity contribution < 1.29 is 5.11 Å². The summed E-state index contributed by atoms with van der Waals surface area (Å²) in [6.45, 7) is 27.0. The van der Waals surface area contributed by atoms with Crippen LogP contribution >= 0.6 is 0 Å². The van der Waals surface area contributed by atoms with E-state index in [2.05, 4.69) is 325 Å². The first-order valence-electron chi connectivity index (χ1n) is 27.6. The highest BCUT2D eigenvalue weighted by molar-refractivity contribution is 5.82. The Labute approximate surface area is 467 Å². The van der Waals surface area contributed by atoms with E-state index in [4.69, 9.17) is 0 Å². The van der Waals surface area contributed by atoms with Crippen LogP contribution in [0.1, 0.15) is 178 Å². The third-order valence-electron chi connectivity index (χ3n) is 14.2. The first-order valence-corrected chi connectivity index (χ1v) is 27.6. The lowest BCUT2D eigenvalue weighted by Gasteiger charge is -2.18. The van der Waals surface area contributed by atoms with Gasteiger partial charge in [0.05, 0.1) is 6.10 Å². The smallest absolute Gasteiger partial charge is 0.0914 e. The summed E-state index contributed by atoms with van der Waals surface area (Å²) in [5, 5.41) is 11.4. The van der Waals surface area contributed by atoms with Gasteiger partial charge in [-0.25, -0.2) is 0 Å². The van der Waals surface area contributed by atoms with Gasteiger partial charge >= 0.3 is 0 Å². The zero-order chi connectivity index (χ0) is 55.7. The molecule has 0 bridgehead atoms. The molecule has 7 aromatic rings. The predicted molar refractivity (Wildman–Crippen MR) is 342 cm³/mol. The Morgan fingerprint density at radius 2 is 0.538 bits per heavy atom. The van der Waals surface area contributed by atoms with E-state index >= 15 is 0 Å². The fraction of sp³-hybridized carbons (Fsp3) is 0.234. The SMILES string of the molecule is CC(C)(C)c1ccc(/C=C/c2cc(/C=C/c3ccc(C(C)(C)C)cc3)cc(/C=C/c3cc(/C=C/c4cc(/C=C/c5ccc(C(C)(C)C)cc5)cc(/C=C/c5ccc(C(C)(C)C)cc5)c4)cc(CC(O)C4=C=C=C=C4)c3)c2)cc1. The molecule has 1 unspecified atom stereocenters. The van der Waals surface area contributed by atoms with Crippen LogP contribution in [0.25, 0.3) is 72.9 Å². The summed E-state index contributed by atoms with van der Waals surface area (Å²) in [5.41, 5.74) is 29.6. The number of aliphatic hydroxyl groups excluding tert-OH is 1. The quantitative estimate of drug-likeness (QED) is 0.0802. The number of hydrogen-bond acceptors (Lipinski definition) is 1. The van der Waals surface area contributed by atoms with Gasteiger partial charge in [0.1, 0.15) is 0 Å². The van der Waals surface area contributed by atoms with Crippen LogP contribution in [0.15, 0.2) is 181 Å². The summed E-state index contributed by atoms with van der Waals surface area (Å²) >= 11 is 0. The van der Waals surface area contributed by atoms with Gasteiger partial charge in [0.15, 0.2) is 0 Å². The van der Waals surface area contributed by atoms with Gasteiger partial charge in [-0.05, 0) is 164 Å². The zero-order valence-corrected chi connectivity index (χ0v) is 48.2. The average Bonchev–Trinajstić information content (AvgIpc) is 3.96. The minimum Gasteiger partial charge on any atom is -0.387 e. The Hall–Kier alpha value is -7.98. The minimum atomic E-state index is -0.733. The third-order valence-corrected chi connectivity index (χ3v) is 14.2. The molecule has 8 rings (SSSR count). The highest BCUT2D eigenvalue weighted by Crippen LogP contribution is 2.29. The highest BCUT2D eigenvalue weighted by atomic mass is 16.3. The second kappa shape index (κ2) is 24.1. The van der Waals surface area contributed by atoms with Crippen molar-refractivity contribution in [1.29, 1.82) is 0 Å².